The molecule has 0 unspecified atom stereocenters. The number of nitro benzene ring substituents is 1. The molecule has 3 rings (SSSR count). The van der Waals surface area contributed by atoms with Crippen molar-refractivity contribution < 1.29 is 24.0 Å². The van der Waals surface area contributed by atoms with Gasteiger partial charge < -0.3 is 9.47 Å². The van der Waals surface area contributed by atoms with Gasteiger partial charge in [0.25, 0.3) is 16.8 Å². The van der Waals surface area contributed by atoms with E-state index in [9.17, 15) is 19.7 Å². The Balaban J connectivity index is 1.70. The van der Waals surface area contributed by atoms with Crippen molar-refractivity contribution in [1.29, 1.82) is 0 Å². The summed E-state index contributed by atoms with van der Waals surface area (Å²) in [6.07, 6.45) is 2.18. The van der Waals surface area contributed by atoms with Crippen molar-refractivity contribution in [2.75, 3.05) is 20.3 Å². The number of hydrogen-bond acceptors (Lipinski definition) is 7. The van der Waals surface area contributed by atoms with Crippen LogP contribution in [0.3, 0.4) is 0 Å². The second-order valence-corrected chi connectivity index (χ2v) is 8.96. The lowest BCUT2D eigenvalue weighted by Gasteiger charge is -2.12. The molecule has 0 aliphatic carbocycles. The van der Waals surface area contributed by atoms with Gasteiger partial charge in [0.2, 0.25) is 0 Å². The maximum Gasteiger partial charge on any atom is 0.293 e. The summed E-state index contributed by atoms with van der Waals surface area (Å²) in [5.41, 5.74) is 1.37. The van der Waals surface area contributed by atoms with Crippen LogP contribution < -0.4 is 4.74 Å². The third-order valence-electron chi connectivity index (χ3n) is 4.45. The fourth-order valence-corrected chi connectivity index (χ4v) is 4.74. The zero-order valence-corrected chi connectivity index (χ0v) is 20.0. The number of nitrogens with zero attached hydrogens (tertiary/aromatic N) is 2. The van der Waals surface area contributed by atoms with Crippen molar-refractivity contribution >= 4 is 62.2 Å². The molecule has 1 fully saturated rings. The molecule has 1 aliphatic rings. The highest BCUT2D eigenvalue weighted by molar-refractivity contribution is 9.10. The van der Waals surface area contributed by atoms with Gasteiger partial charge in [0, 0.05) is 32.4 Å². The number of nitro groups is 1. The van der Waals surface area contributed by atoms with Crippen LogP contribution in [0.4, 0.5) is 10.5 Å². The van der Waals surface area contributed by atoms with E-state index in [2.05, 4.69) is 15.9 Å². The molecule has 2 aromatic carbocycles. The second-order valence-electron chi connectivity index (χ2n) is 6.71. The molecule has 0 spiro atoms. The van der Waals surface area contributed by atoms with Crippen molar-refractivity contribution in [2.24, 2.45) is 0 Å². The Morgan fingerprint density at radius 3 is 2.59 bits per heavy atom. The lowest BCUT2D eigenvalue weighted by atomic mass is 10.2. The summed E-state index contributed by atoms with van der Waals surface area (Å²) in [7, 11) is 1.56. The number of imide groups is 1. The van der Waals surface area contributed by atoms with Crippen LogP contribution in [0, 0.1) is 10.1 Å². The van der Waals surface area contributed by atoms with Gasteiger partial charge in [-0.3, -0.25) is 24.6 Å². The van der Waals surface area contributed by atoms with E-state index >= 15 is 0 Å². The molecule has 0 atom stereocenters. The maximum atomic E-state index is 12.5. The van der Waals surface area contributed by atoms with Crippen molar-refractivity contribution in [3.8, 4) is 5.75 Å². The van der Waals surface area contributed by atoms with Gasteiger partial charge in [-0.15, -0.1) is 0 Å². The lowest BCUT2D eigenvalue weighted by molar-refractivity contribution is -0.384. The zero-order valence-electron chi connectivity index (χ0n) is 16.9. The Morgan fingerprint density at radius 2 is 1.97 bits per heavy atom. The highest BCUT2D eigenvalue weighted by atomic mass is 79.9. The number of rotatable bonds is 9. The van der Waals surface area contributed by atoms with Crippen molar-refractivity contribution in [3.05, 3.63) is 72.0 Å². The van der Waals surface area contributed by atoms with Crippen molar-refractivity contribution in [3.63, 3.8) is 0 Å². The maximum absolute atomic E-state index is 12.5. The number of non-ortho nitro benzene ring substituents is 1. The first-order valence-electron chi connectivity index (χ1n) is 9.39. The number of thioether (sulfide) groups is 1. The highest BCUT2D eigenvalue weighted by Crippen LogP contribution is 2.38. The van der Waals surface area contributed by atoms with Crippen LogP contribution in [0.15, 0.2) is 45.8 Å². The van der Waals surface area contributed by atoms with Gasteiger partial charge in [-0.05, 0) is 75.6 Å². The monoisotopic (exact) mass is 540 g/mol. The minimum absolute atomic E-state index is 0.000395. The Bertz CT molecular complexity index is 1050. The molecule has 11 heteroatoms. The molecule has 0 bridgehead atoms. The number of hydrogen-bond donors (Lipinski definition) is 0. The number of amides is 2. The quantitative estimate of drug-likeness (QED) is 0.175. The number of methoxy groups -OCH3 is 1. The molecule has 168 valence electrons. The molecule has 2 aromatic rings. The van der Waals surface area contributed by atoms with Crippen LogP contribution in [0.1, 0.15) is 17.5 Å². The van der Waals surface area contributed by atoms with E-state index in [4.69, 9.17) is 21.1 Å². The Morgan fingerprint density at radius 1 is 1.25 bits per heavy atom. The molecule has 0 aromatic heterocycles. The SMILES string of the molecule is COCCCN1C(=O)S/C(=C/c2cc(Cl)c(OCc3ccc([N+](=O)[O-])cc3)c(Br)c2)C1=O. The van der Waals surface area contributed by atoms with Crippen molar-refractivity contribution in [2.45, 2.75) is 13.0 Å². The van der Waals surface area contributed by atoms with Gasteiger partial charge >= 0.3 is 0 Å². The lowest BCUT2D eigenvalue weighted by Crippen LogP contribution is -2.29. The third-order valence-corrected chi connectivity index (χ3v) is 6.23. The minimum Gasteiger partial charge on any atom is -0.486 e. The molecule has 1 aliphatic heterocycles. The molecular formula is C21H18BrClN2O6S. The molecule has 0 radical (unpaired) electrons. The van der Waals surface area contributed by atoms with Crippen molar-refractivity contribution in [1.82, 2.24) is 4.90 Å². The van der Waals surface area contributed by atoms with E-state index in [0.29, 0.717) is 45.3 Å². The van der Waals surface area contributed by atoms with E-state index in [0.717, 1.165) is 17.3 Å². The Hall–Kier alpha value is -2.40. The first kappa shape index (κ1) is 24.2. The van der Waals surface area contributed by atoms with Crippen LogP contribution in [0.2, 0.25) is 5.02 Å². The number of halogens is 2. The second kappa shape index (κ2) is 11.0. The zero-order chi connectivity index (χ0) is 23.3. The average Bonchev–Trinajstić information content (AvgIpc) is 3.01. The van der Waals surface area contributed by atoms with E-state index in [-0.39, 0.29) is 23.4 Å². The number of carbonyl (C=O) groups excluding carboxylic acids is 2. The van der Waals surface area contributed by atoms with Crippen LogP contribution >= 0.6 is 39.3 Å². The summed E-state index contributed by atoms with van der Waals surface area (Å²) in [4.78, 5) is 36.5. The normalized spacial score (nSPS) is 15.0. The van der Waals surface area contributed by atoms with Gasteiger partial charge in [-0.1, -0.05) is 11.6 Å². The summed E-state index contributed by atoms with van der Waals surface area (Å²) < 4.78 is 11.3. The van der Waals surface area contributed by atoms with E-state index in [1.54, 1.807) is 37.5 Å². The predicted octanol–water partition coefficient (Wildman–Crippen LogP) is 5.66. The van der Waals surface area contributed by atoms with E-state index < -0.39 is 4.92 Å². The predicted molar refractivity (Wildman–Crippen MR) is 126 cm³/mol. The summed E-state index contributed by atoms with van der Waals surface area (Å²) in [6, 6.07) is 9.39. The number of ether oxygens (including phenoxy) is 2. The van der Waals surface area contributed by atoms with Gasteiger partial charge in [-0.2, -0.15) is 0 Å². The van der Waals surface area contributed by atoms with Crippen LogP contribution in [0.5, 0.6) is 5.75 Å². The summed E-state index contributed by atoms with van der Waals surface area (Å²) >= 11 is 10.7. The molecule has 1 saturated heterocycles. The van der Waals surface area contributed by atoms with Gasteiger partial charge in [0.1, 0.15) is 6.61 Å². The molecular weight excluding hydrogens is 524 g/mol. The minimum atomic E-state index is -0.467. The van der Waals surface area contributed by atoms with Crippen LogP contribution in [-0.4, -0.2) is 41.2 Å². The first-order chi connectivity index (χ1) is 15.3. The van der Waals surface area contributed by atoms with Crippen LogP contribution in [0.25, 0.3) is 6.08 Å². The molecule has 0 N–H and O–H groups in total. The summed E-state index contributed by atoms with van der Waals surface area (Å²) in [5.74, 6) is 0.0525. The van der Waals surface area contributed by atoms with E-state index in [1.807, 2.05) is 0 Å². The highest BCUT2D eigenvalue weighted by Gasteiger charge is 2.34. The molecule has 8 nitrogen and oxygen atoms in total. The summed E-state index contributed by atoms with van der Waals surface area (Å²) in [5, 5.41) is 10.7. The Labute approximate surface area is 201 Å². The fraction of sp³-hybridized carbons (Fsp3) is 0.238. The smallest absolute Gasteiger partial charge is 0.293 e. The van der Waals surface area contributed by atoms with E-state index in [1.165, 1.54) is 17.0 Å². The standard InChI is InChI=1S/C21H18BrClN2O6S/c1-30-8-2-7-24-20(26)18(32-21(24)27)11-14-9-16(22)19(17(23)10-14)31-12-13-3-5-15(6-4-13)25(28)29/h3-6,9-11H,2,7-8,12H2,1H3/b18-11+. The van der Waals surface area contributed by atoms with Gasteiger partial charge in [-0.25, -0.2) is 0 Å². The average molecular weight is 542 g/mol. The number of carbonyl (C=O) groups is 2. The fourth-order valence-electron chi connectivity index (χ4n) is 2.88. The first-order valence-corrected chi connectivity index (χ1v) is 11.4. The largest absolute Gasteiger partial charge is 0.486 e. The van der Waals surface area contributed by atoms with Gasteiger partial charge in [0.15, 0.2) is 5.75 Å². The molecule has 2 amide bonds. The topological polar surface area (TPSA) is 99.0 Å². The number of benzene rings is 2. The molecule has 32 heavy (non-hydrogen) atoms. The molecule has 0 saturated carbocycles. The third kappa shape index (κ3) is 5.89. The van der Waals surface area contributed by atoms with Crippen LogP contribution in [-0.2, 0) is 16.1 Å². The van der Waals surface area contributed by atoms with Gasteiger partial charge in [0.05, 0.1) is 19.3 Å². The summed E-state index contributed by atoms with van der Waals surface area (Å²) in [6.45, 7) is 0.927. The Kier molecular flexibility index (Phi) is 8.30. The molecule has 1 heterocycles.